The Bertz CT molecular complexity index is 716. The van der Waals surface area contributed by atoms with E-state index in [9.17, 15) is 9.59 Å². The van der Waals surface area contributed by atoms with Crippen LogP contribution in [0.2, 0.25) is 5.02 Å². The lowest BCUT2D eigenvalue weighted by Crippen LogP contribution is -2.57. The molecule has 4 aliphatic rings. The molecule has 0 aliphatic carbocycles. The number of hydrogen-bond acceptors (Lipinski definition) is 4. The van der Waals surface area contributed by atoms with E-state index in [0.717, 1.165) is 38.0 Å². The topological polar surface area (TPSA) is 61.9 Å². The van der Waals surface area contributed by atoms with E-state index >= 15 is 0 Å². The van der Waals surface area contributed by atoms with Crippen molar-refractivity contribution in [3.63, 3.8) is 0 Å². The third-order valence-electron chi connectivity index (χ3n) is 5.54. The van der Waals surface area contributed by atoms with Crippen LogP contribution < -0.4 is 15.0 Å². The molecule has 6 nitrogen and oxygen atoms in total. The average Bonchev–Trinajstić information content (AvgIpc) is 2.59. The lowest BCUT2D eigenvalue weighted by atomic mass is 9.84. The zero-order valence-electron chi connectivity index (χ0n) is 14.3. The Morgan fingerprint density at radius 2 is 2.12 bits per heavy atom. The molecule has 1 N–H and O–H groups in total. The Kier molecular flexibility index (Phi) is 4.33. The minimum atomic E-state index is -0.127. The lowest BCUT2D eigenvalue weighted by molar-refractivity contribution is -0.122. The summed E-state index contributed by atoms with van der Waals surface area (Å²) in [6.07, 6.45) is 2.52. The molecule has 1 unspecified atom stereocenters. The van der Waals surface area contributed by atoms with Crippen molar-refractivity contribution in [2.24, 2.45) is 5.92 Å². The summed E-state index contributed by atoms with van der Waals surface area (Å²) in [5.74, 6) is 1.02. The summed E-state index contributed by atoms with van der Waals surface area (Å²) >= 11 is 6.19. The minimum Gasteiger partial charge on any atom is -0.481 e. The lowest BCUT2D eigenvalue weighted by Gasteiger charge is -2.45. The number of piperidine rings is 3. The number of hydrogen-bond donors (Lipinski definition) is 1. The summed E-state index contributed by atoms with van der Waals surface area (Å²) in [5.41, 5.74) is 1.34. The van der Waals surface area contributed by atoms with E-state index in [4.69, 9.17) is 16.3 Å². The molecule has 4 heterocycles. The maximum absolute atomic E-state index is 12.6. The van der Waals surface area contributed by atoms with E-state index in [0.29, 0.717) is 22.4 Å². The molecule has 0 saturated carbocycles. The van der Waals surface area contributed by atoms with Gasteiger partial charge in [-0.25, -0.2) is 0 Å². The first-order chi connectivity index (χ1) is 12.0. The Hall–Kier alpha value is -1.79. The monoisotopic (exact) mass is 363 g/mol. The molecule has 0 spiro atoms. The standard InChI is InChI=1S/C18H22ClN3O3/c1-21-15-8-13(19)6-12(18(15)25-10-17(21)24)7-16(23)20-14-9-22-4-2-11(14)3-5-22/h6,8,11,14H,2-5,7,9-10H2,1H3,(H,20,23). The second-order valence-electron chi connectivity index (χ2n) is 7.14. The van der Waals surface area contributed by atoms with Gasteiger partial charge in [0.1, 0.15) is 5.75 Å². The molecule has 0 radical (unpaired) electrons. The number of carbonyl (C=O) groups is 2. The number of halogens is 1. The van der Waals surface area contributed by atoms with Crippen LogP contribution in [0.25, 0.3) is 0 Å². The van der Waals surface area contributed by atoms with Crippen LogP contribution in [0.15, 0.2) is 12.1 Å². The molecule has 134 valence electrons. The van der Waals surface area contributed by atoms with Crippen LogP contribution in [0.5, 0.6) is 5.75 Å². The predicted octanol–water partition coefficient (Wildman–Crippen LogP) is 1.45. The van der Waals surface area contributed by atoms with E-state index in [-0.39, 0.29) is 30.9 Å². The molecule has 2 amide bonds. The minimum absolute atomic E-state index is 0.0145. The summed E-state index contributed by atoms with van der Waals surface area (Å²) in [7, 11) is 1.69. The Labute approximate surface area is 152 Å². The molecule has 3 saturated heterocycles. The van der Waals surface area contributed by atoms with Crippen molar-refractivity contribution in [1.82, 2.24) is 10.2 Å². The molecular weight excluding hydrogens is 342 g/mol. The number of anilines is 1. The number of amides is 2. The second-order valence-corrected chi connectivity index (χ2v) is 7.58. The van der Waals surface area contributed by atoms with Crippen LogP contribution in [-0.2, 0) is 16.0 Å². The molecule has 4 aliphatic heterocycles. The fraction of sp³-hybridized carbons (Fsp3) is 0.556. The molecule has 3 fully saturated rings. The van der Waals surface area contributed by atoms with Crippen molar-refractivity contribution in [3.05, 3.63) is 22.7 Å². The van der Waals surface area contributed by atoms with E-state index in [1.807, 2.05) is 0 Å². The molecular formula is C18H22ClN3O3. The number of fused-ring (bicyclic) bond motifs is 4. The highest BCUT2D eigenvalue weighted by Crippen LogP contribution is 2.38. The second kappa shape index (κ2) is 6.50. The van der Waals surface area contributed by atoms with Gasteiger partial charge in [0.25, 0.3) is 5.91 Å². The summed E-state index contributed by atoms with van der Waals surface area (Å²) < 4.78 is 5.59. The van der Waals surface area contributed by atoms with Crippen LogP contribution in [0.1, 0.15) is 18.4 Å². The number of benzene rings is 1. The highest BCUT2D eigenvalue weighted by Gasteiger charge is 2.35. The number of nitrogens with zero attached hydrogens (tertiary/aromatic N) is 2. The SMILES string of the molecule is CN1C(=O)COc2c(CC(=O)NC3CN4CCC3CC4)cc(Cl)cc21. The highest BCUT2D eigenvalue weighted by atomic mass is 35.5. The molecule has 25 heavy (non-hydrogen) atoms. The van der Waals surface area contributed by atoms with Gasteiger partial charge in [0.05, 0.1) is 12.1 Å². The van der Waals surface area contributed by atoms with Crippen LogP contribution in [0, 0.1) is 5.92 Å². The largest absolute Gasteiger partial charge is 0.481 e. The third-order valence-corrected chi connectivity index (χ3v) is 5.76. The van der Waals surface area contributed by atoms with Gasteiger partial charge in [-0.05, 0) is 44.0 Å². The van der Waals surface area contributed by atoms with Crippen molar-refractivity contribution in [2.45, 2.75) is 25.3 Å². The first kappa shape index (κ1) is 16.7. The van der Waals surface area contributed by atoms with E-state index in [1.165, 1.54) is 4.90 Å². The Morgan fingerprint density at radius 3 is 2.80 bits per heavy atom. The van der Waals surface area contributed by atoms with Crippen molar-refractivity contribution in [2.75, 3.05) is 38.2 Å². The first-order valence-corrected chi connectivity index (χ1v) is 9.12. The average molecular weight is 364 g/mol. The predicted molar refractivity (Wildman–Crippen MR) is 95.2 cm³/mol. The van der Waals surface area contributed by atoms with Crippen molar-refractivity contribution in [1.29, 1.82) is 0 Å². The maximum Gasteiger partial charge on any atom is 0.264 e. The third kappa shape index (κ3) is 3.20. The number of ether oxygens (including phenoxy) is 1. The molecule has 7 heteroatoms. The fourth-order valence-electron chi connectivity index (χ4n) is 4.11. The number of likely N-dealkylation sites (N-methyl/N-ethyl adjacent to an activating group) is 1. The summed E-state index contributed by atoms with van der Waals surface area (Å²) in [6.45, 7) is 3.22. The van der Waals surface area contributed by atoms with Crippen LogP contribution >= 0.6 is 11.6 Å². The van der Waals surface area contributed by atoms with Crippen LogP contribution in [0.3, 0.4) is 0 Å². The first-order valence-electron chi connectivity index (χ1n) is 8.75. The van der Waals surface area contributed by atoms with Crippen LogP contribution in [0.4, 0.5) is 5.69 Å². The Balaban J connectivity index is 1.50. The zero-order valence-corrected chi connectivity index (χ0v) is 15.0. The summed E-state index contributed by atoms with van der Waals surface area (Å²) in [4.78, 5) is 28.3. The molecule has 1 aromatic carbocycles. The van der Waals surface area contributed by atoms with Gasteiger partial charge in [-0.3, -0.25) is 9.59 Å². The van der Waals surface area contributed by atoms with Crippen molar-refractivity contribution >= 4 is 29.1 Å². The van der Waals surface area contributed by atoms with Crippen LogP contribution in [-0.4, -0.2) is 56.0 Å². The number of nitrogens with one attached hydrogen (secondary N) is 1. The molecule has 1 atom stereocenters. The summed E-state index contributed by atoms with van der Waals surface area (Å²) in [5, 5.41) is 3.68. The zero-order chi connectivity index (χ0) is 17.6. The van der Waals surface area contributed by atoms with E-state index in [1.54, 1.807) is 19.2 Å². The smallest absolute Gasteiger partial charge is 0.264 e. The van der Waals surface area contributed by atoms with Gasteiger partial charge < -0.3 is 19.9 Å². The van der Waals surface area contributed by atoms with Gasteiger partial charge in [-0.1, -0.05) is 11.6 Å². The highest BCUT2D eigenvalue weighted by molar-refractivity contribution is 6.31. The Morgan fingerprint density at radius 1 is 1.36 bits per heavy atom. The van der Waals surface area contributed by atoms with Gasteiger partial charge in [0, 0.05) is 30.2 Å². The molecule has 1 aromatic rings. The van der Waals surface area contributed by atoms with Gasteiger partial charge in [0.2, 0.25) is 5.91 Å². The molecule has 5 rings (SSSR count). The number of carbonyl (C=O) groups excluding carboxylic acids is 2. The van der Waals surface area contributed by atoms with Gasteiger partial charge >= 0.3 is 0 Å². The van der Waals surface area contributed by atoms with Crippen molar-refractivity contribution in [3.8, 4) is 5.75 Å². The summed E-state index contributed by atoms with van der Waals surface area (Å²) in [6, 6.07) is 3.68. The quantitative estimate of drug-likeness (QED) is 0.883. The van der Waals surface area contributed by atoms with E-state index < -0.39 is 0 Å². The van der Waals surface area contributed by atoms with Crippen molar-refractivity contribution < 1.29 is 14.3 Å². The normalized spacial score (nSPS) is 27.7. The molecule has 0 aromatic heterocycles. The number of rotatable bonds is 3. The maximum atomic E-state index is 12.6. The van der Waals surface area contributed by atoms with E-state index in [2.05, 4.69) is 10.2 Å². The van der Waals surface area contributed by atoms with Gasteiger partial charge in [0.15, 0.2) is 6.61 Å². The fourth-order valence-corrected chi connectivity index (χ4v) is 4.34. The van der Waals surface area contributed by atoms with Gasteiger partial charge in [-0.15, -0.1) is 0 Å². The van der Waals surface area contributed by atoms with Gasteiger partial charge in [-0.2, -0.15) is 0 Å². The molecule has 2 bridgehead atoms.